The molecule has 4 aromatic rings. The molecular formula is C18H12N10O6. The van der Waals surface area contributed by atoms with E-state index in [9.17, 15) is 25.0 Å². The maximum Gasteiger partial charge on any atom is 0.294 e. The zero-order valence-electron chi connectivity index (χ0n) is 16.8. The number of nitrogen functional groups attached to an aromatic ring is 1. The van der Waals surface area contributed by atoms with Crippen LogP contribution in [-0.4, -0.2) is 47.3 Å². The van der Waals surface area contributed by atoms with Crippen molar-refractivity contribution >= 4 is 29.3 Å². The van der Waals surface area contributed by atoms with Gasteiger partial charge in [0.15, 0.2) is 5.69 Å². The summed E-state index contributed by atoms with van der Waals surface area (Å²) < 4.78 is 5.68. The monoisotopic (exact) mass is 464 g/mol. The molecule has 0 fully saturated rings. The molecular weight excluding hydrogens is 452 g/mol. The van der Waals surface area contributed by atoms with Crippen molar-refractivity contribution in [2.24, 2.45) is 5.10 Å². The minimum Gasteiger partial charge on any atom is -0.378 e. The smallest absolute Gasteiger partial charge is 0.294 e. The molecule has 16 nitrogen and oxygen atoms in total. The second-order valence-electron chi connectivity index (χ2n) is 6.52. The predicted octanol–water partition coefficient (Wildman–Crippen LogP) is 1.48. The summed E-state index contributed by atoms with van der Waals surface area (Å²) in [4.78, 5) is 33.4. The summed E-state index contributed by atoms with van der Waals surface area (Å²) in [6.45, 7) is 0. The van der Waals surface area contributed by atoms with Crippen LogP contribution >= 0.6 is 0 Å². The number of anilines is 1. The first-order valence-electron chi connectivity index (χ1n) is 9.22. The molecule has 2 heterocycles. The van der Waals surface area contributed by atoms with E-state index >= 15 is 0 Å². The van der Waals surface area contributed by atoms with E-state index < -0.39 is 15.8 Å². The van der Waals surface area contributed by atoms with Crippen molar-refractivity contribution in [3.8, 4) is 17.1 Å². The molecule has 4 rings (SSSR count). The number of hydrogen-bond donors (Lipinski definition) is 2. The normalized spacial score (nSPS) is 10.9. The molecule has 1 amide bonds. The first-order valence-corrected chi connectivity index (χ1v) is 9.22. The van der Waals surface area contributed by atoms with Crippen molar-refractivity contribution < 1.29 is 19.3 Å². The van der Waals surface area contributed by atoms with Gasteiger partial charge in [0.2, 0.25) is 11.6 Å². The third-order valence-corrected chi connectivity index (χ3v) is 4.42. The number of aromatic nitrogens is 5. The van der Waals surface area contributed by atoms with Gasteiger partial charge in [0.05, 0.1) is 16.1 Å². The molecule has 0 unspecified atom stereocenters. The lowest BCUT2D eigenvalue weighted by atomic mass is 10.1. The van der Waals surface area contributed by atoms with Crippen molar-refractivity contribution in [1.82, 2.24) is 30.7 Å². The molecule has 2 aromatic heterocycles. The highest BCUT2D eigenvalue weighted by Crippen LogP contribution is 2.28. The van der Waals surface area contributed by atoms with E-state index in [4.69, 9.17) is 5.73 Å². The number of benzene rings is 2. The molecule has 170 valence electrons. The zero-order chi connectivity index (χ0) is 24.2. The molecule has 0 aliphatic rings. The van der Waals surface area contributed by atoms with E-state index in [1.54, 1.807) is 0 Å². The van der Waals surface area contributed by atoms with Gasteiger partial charge in [0.25, 0.3) is 17.3 Å². The van der Waals surface area contributed by atoms with Crippen molar-refractivity contribution in [3.63, 3.8) is 0 Å². The highest BCUT2D eigenvalue weighted by atomic mass is 16.6. The summed E-state index contributed by atoms with van der Waals surface area (Å²) in [5.41, 5.74) is 8.49. The number of nitro groups is 2. The van der Waals surface area contributed by atoms with Gasteiger partial charge in [-0.25, -0.2) is 10.1 Å². The van der Waals surface area contributed by atoms with Crippen LogP contribution in [0.3, 0.4) is 0 Å². The topological polar surface area (TPSA) is 223 Å². The maximum atomic E-state index is 12.8. The van der Waals surface area contributed by atoms with E-state index in [1.165, 1.54) is 54.7 Å². The number of amides is 1. The quantitative estimate of drug-likeness (QED) is 0.226. The number of nitro benzene ring substituents is 2. The Bertz CT molecular complexity index is 1410. The molecule has 0 saturated heterocycles. The Kier molecular flexibility index (Phi) is 5.68. The number of carbonyl (C=O) groups is 1. The van der Waals surface area contributed by atoms with E-state index in [2.05, 4.69) is 35.8 Å². The van der Waals surface area contributed by atoms with E-state index in [1.807, 2.05) is 0 Å². The molecule has 34 heavy (non-hydrogen) atoms. The average Bonchev–Trinajstić information content (AvgIpc) is 3.45. The standard InChI is InChI=1S/C18H12N10O6/c19-16-17(24-34-23-16)26-15(11-3-7-13(8-4-11)28(32)33)14(21-25-26)18(29)22-20-9-10-1-5-12(6-2-10)27(30)31/h1-9H,(H2,19,23)(H,22,29). The first-order chi connectivity index (χ1) is 16.3. The fourth-order valence-electron chi connectivity index (χ4n) is 2.82. The maximum absolute atomic E-state index is 12.8. The minimum absolute atomic E-state index is 0.0470. The van der Waals surface area contributed by atoms with Crippen molar-refractivity contribution in [2.45, 2.75) is 0 Å². The van der Waals surface area contributed by atoms with Crippen LogP contribution in [-0.2, 0) is 0 Å². The van der Waals surface area contributed by atoms with Crippen LogP contribution in [0, 0.1) is 20.2 Å². The summed E-state index contributed by atoms with van der Waals surface area (Å²) >= 11 is 0. The number of nitrogens with one attached hydrogen (secondary N) is 1. The second-order valence-corrected chi connectivity index (χ2v) is 6.52. The number of carbonyl (C=O) groups excluding carboxylic acids is 1. The number of nitrogens with two attached hydrogens (primary N) is 1. The third-order valence-electron chi connectivity index (χ3n) is 4.42. The predicted molar refractivity (Wildman–Crippen MR) is 114 cm³/mol. The number of non-ortho nitro benzene ring substituents is 2. The Labute approximate surface area is 187 Å². The summed E-state index contributed by atoms with van der Waals surface area (Å²) in [7, 11) is 0. The van der Waals surface area contributed by atoms with Gasteiger partial charge in [-0.1, -0.05) is 5.21 Å². The van der Waals surface area contributed by atoms with Crippen LogP contribution in [0.2, 0.25) is 0 Å². The SMILES string of the molecule is Nc1nonc1-n1nnc(C(=O)NN=Cc2ccc([N+](=O)[O-])cc2)c1-c1ccc([N+](=O)[O-])cc1. The van der Waals surface area contributed by atoms with E-state index in [-0.39, 0.29) is 34.4 Å². The van der Waals surface area contributed by atoms with Crippen LogP contribution < -0.4 is 11.2 Å². The van der Waals surface area contributed by atoms with Crippen molar-refractivity contribution in [3.05, 3.63) is 80.0 Å². The van der Waals surface area contributed by atoms with Crippen molar-refractivity contribution in [2.75, 3.05) is 5.73 Å². The summed E-state index contributed by atoms with van der Waals surface area (Å²) in [6.07, 6.45) is 1.27. The third kappa shape index (κ3) is 4.26. The van der Waals surface area contributed by atoms with Crippen molar-refractivity contribution in [1.29, 1.82) is 0 Å². The molecule has 0 atom stereocenters. The molecule has 3 N–H and O–H groups in total. The molecule has 0 radical (unpaired) electrons. The summed E-state index contributed by atoms with van der Waals surface area (Å²) in [5, 5.41) is 40.4. The molecule has 0 bridgehead atoms. The highest BCUT2D eigenvalue weighted by Gasteiger charge is 2.25. The lowest BCUT2D eigenvalue weighted by molar-refractivity contribution is -0.385. The molecule has 0 saturated carbocycles. The minimum atomic E-state index is -0.771. The molecule has 0 aliphatic carbocycles. The number of rotatable bonds is 7. The highest BCUT2D eigenvalue weighted by molar-refractivity contribution is 5.98. The van der Waals surface area contributed by atoms with Crippen LogP contribution in [0.15, 0.2) is 58.3 Å². The molecule has 0 aliphatic heterocycles. The Morgan fingerprint density at radius 1 is 1.03 bits per heavy atom. The lowest BCUT2D eigenvalue weighted by Crippen LogP contribution is -2.19. The van der Waals surface area contributed by atoms with Gasteiger partial charge in [-0.2, -0.15) is 9.78 Å². The average molecular weight is 464 g/mol. The Morgan fingerprint density at radius 2 is 1.65 bits per heavy atom. The largest absolute Gasteiger partial charge is 0.378 e. The number of hydrogen-bond acceptors (Lipinski definition) is 12. The van der Waals surface area contributed by atoms with Gasteiger partial charge >= 0.3 is 0 Å². The molecule has 16 heteroatoms. The van der Waals surface area contributed by atoms with Crippen LogP contribution in [0.5, 0.6) is 0 Å². The van der Waals surface area contributed by atoms with Gasteiger partial charge in [0.1, 0.15) is 5.69 Å². The van der Waals surface area contributed by atoms with Gasteiger partial charge < -0.3 is 5.73 Å². The number of hydrazone groups is 1. The number of nitrogens with zero attached hydrogens (tertiary/aromatic N) is 8. The first kappa shape index (κ1) is 21.7. The Hall–Kier alpha value is -5.54. The fourth-order valence-corrected chi connectivity index (χ4v) is 2.82. The Balaban J connectivity index is 1.65. The Morgan fingerprint density at radius 3 is 2.21 bits per heavy atom. The summed E-state index contributed by atoms with van der Waals surface area (Å²) in [6, 6.07) is 10.8. The molecule has 2 aromatic carbocycles. The van der Waals surface area contributed by atoms with Gasteiger partial charge in [-0.3, -0.25) is 25.0 Å². The van der Waals surface area contributed by atoms with Crippen LogP contribution in [0.25, 0.3) is 17.1 Å². The van der Waals surface area contributed by atoms with E-state index in [0.717, 1.165) is 4.68 Å². The fraction of sp³-hybridized carbons (Fsp3) is 0. The lowest BCUT2D eigenvalue weighted by Gasteiger charge is -2.05. The molecule has 0 spiro atoms. The van der Waals surface area contributed by atoms with Gasteiger partial charge in [-0.05, 0) is 40.1 Å². The second kappa shape index (κ2) is 8.91. The zero-order valence-corrected chi connectivity index (χ0v) is 16.8. The van der Waals surface area contributed by atoms with Gasteiger partial charge in [0, 0.05) is 29.8 Å². The van der Waals surface area contributed by atoms with Gasteiger partial charge in [-0.15, -0.1) is 5.10 Å². The van der Waals surface area contributed by atoms with E-state index in [0.29, 0.717) is 11.1 Å². The summed E-state index contributed by atoms with van der Waals surface area (Å²) in [5.74, 6) is -0.946. The van der Waals surface area contributed by atoms with Crippen LogP contribution in [0.1, 0.15) is 16.1 Å². The van der Waals surface area contributed by atoms with Crippen LogP contribution in [0.4, 0.5) is 17.2 Å².